The molecule has 1 fully saturated rings. The zero-order chi connectivity index (χ0) is 32.8. The highest BCUT2D eigenvalue weighted by molar-refractivity contribution is 6.04. The van der Waals surface area contributed by atoms with E-state index in [0.29, 0.717) is 6.29 Å². The first-order valence-electron chi connectivity index (χ1n) is 13.6. The summed E-state index contributed by atoms with van der Waals surface area (Å²) in [5, 5.41) is 81.8. The van der Waals surface area contributed by atoms with Gasteiger partial charge in [0.1, 0.15) is 12.1 Å². The van der Waals surface area contributed by atoms with Crippen LogP contribution in [-0.4, -0.2) is 102 Å². The molecule has 15 nitrogen and oxygen atoms in total. The van der Waals surface area contributed by atoms with Gasteiger partial charge in [-0.2, -0.15) is 0 Å². The molecule has 2 heterocycles. The lowest BCUT2D eigenvalue weighted by Crippen LogP contribution is -2.64. The molecule has 0 radical (unpaired) electrons. The number of hydrogen-bond acceptors (Lipinski definition) is 13. The van der Waals surface area contributed by atoms with E-state index in [4.69, 9.17) is 4.74 Å². The van der Waals surface area contributed by atoms with Gasteiger partial charge in [-0.3, -0.25) is 9.59 Å². The van der Waals surface area contributed by atoms with E-state index in [-0.39, 0.29) is 35.8 Å². The monoisotopic (exact) mass is 622 g/mol. The highest BCUT2D eigenvalue weighted by Crippen LogP contribution is 2.45. The molecule has 1 saturated heterocycles. The van der Waals surface area contributed by atoms with Crippen LogP contribution in [0.4, 0.5) is 10.1 Å². The number of nitrogens with zero attached hydrogens (tertiary/aromatic N) is 2. The Bertz CT molecular complexity index is 1440. The molecular weight excluding hydrogens is 587 g/mol. The summed E-state index contributed by atoms with van der Waals surface area (Å²) in [4.78, 5) is 38.3. The van der Waals surface area contributed by atoms with Gasteiger partial charge in [0.2, 0.25) is 5.72 Å². The van der Waals surface area contributed by atoms with Gasteiger partial charge < -0.3 is 55.9 Å². The van der Waals surface area contributed by atoms with E-state index in [1.54, 1.807) is 13.8 Å². The molecule has 2 aromatic carbocycles. The maximum atomic E-state index is 15.1. The molecule has 0 saturated carbocycles. The van der Waals surface area contributed by atoms with Crippen LogP contribution in [0.25, 0.3) is 0 Å². The second-order valence-electron chi connectivity index (χ2n) is 10.9. The predicted molar refractivity (Wildman–Crippen MR) is 147 cm³/mol. The topological polar surface area (TPSA) is 233 Å². The van der Waals surface area contributed by atoms with Gasteiger partial charge in [0.25, 0.3) is 29.5 Å². The molecule has 0 spiro atoms. The molecule has 3 atom stereocenters. The molecule has 0 aliphatic carbocycles. The second-order valence-corrected chi connectivity index (χ2v) is 10.9. The Morgan fingerprint density at radius 2 is 1.75 bits per heavy atom. The first kappa shape index (κ1) is 33.3. The summed E-state index contributed by atoms with van der Waals surface area (Å²) < 4.78 is 20.7. The quantitative estimate of drug-likeness (QED) is 0.105. The van der Waals surface area contributed by atoms with Crippen molar-refractivity contribution in [3.63, 3.8) is 0 Å². The molecular formula is C28H35FN4O11. The van der Waals surface area contributed by atoms with Crippen LogP contribution in [0.3, 0.4) is 0 Å². The normalized spacial score (nSPS) is 21.9. The molecule has 2 aromatic rings. The number of anilines is 1. The molecule has 240 valence electrons. The van der Waals surface area contributed by atoms with Gasteiger partial charge in [0.05, 0.1) is 28.9 Å². The second kappa shape index (κ2) is 11.7. The van der Waals surface area contributed by atoms with Crippen molar-refractivity contribution in [3.05, 3.63) is 64.5 Å². The Labute approximate surface area is 250 Å². The summed E-state index contributed by atoms with van der Waals surface area (Å²) in [5.74, 6) is -13.3. The van der Waals surface area contributed by atoms with E-state index in [1.807, 2.05) is 0 Å². The molecule has 0 bridgehead atoms. The zero-order valence-electron chi connectivity index (χ0n) is 24.1. The molecule has 16 heteroatoms. The average molecular weight is 623 g/mol. The zero-order valence-corrected chi connectivity index (χ0v) is 24.1. The minimum atomic E-state index is -3.47. The fraction of sp³-hybridized carbons (Fsp3) is 0.464. The summed E-state index contributed by atoms with van der Waals surface area (Å²) in [6, 6.07) is 5.94. The van der Waals surface area contributed by atoms with E-state index < -0.39 is 76.3 Å². The van der Waals surface area contributed by atoms with Crippen molar-refractivity contribution in [2.24, 2.45) is 0 Å². The number of hydrogen-bond donors (Lipinski definition) is 9. The molecule has 2 aliphatic rings. The first-order chi connectivity index (χ1) is 20.4. The van der Waals surface area contributed by atoms with Crippen LogP contribution in [-0.2, 0) is 32.1 Å². The lowest BCUT2D eigenvalue weighted by molar-refractivity contribution is -0.301. The molecule has 0 aromatic heterocycles. The Balaban J connectivity index is 1.74. The van der Waals surface area contributed by atoms with Crippen LogP contribution < -0.4 is 10.6 Å². The number of rotatable bonds is 10. The SMILES string of the molecule is CNC(=O)C(O)(CCC=O)N1C(=O)c2cccc(NC(O)(O)c3cc(C(O)(O)N4CC(C)OC(C)C4)ccc3F)c2C1(O)O. The molecule has 3 unspecified atom stereocenters. The van der Waals surface area contributed by atoms with Gasteiger partial charge in [0, 0.05) is 44.2 Å². The Kier molecular flexibility index (Phi) is 8.88. The largest absolute Gasteiger partial charge is 0.373 e. The van der Waals surface area contributed by atoms with Crippen molar-refractivity contribution in [2.45, 2.75) is 62.4 Å². The fourth-order valence-corrected chi connectivity index (χ4v) is 5.65. The number of likely N-dealkylation sites (N-methyl/N-ethyl adjacent to an activating group) is 1. The number of halogens is 1. The van der Waals surface area contributed by atoms with Crippen molar-refractivity contribution in [1.82, 2.24) is 15.1 Å². The first-order valence-corrected chi connectivity index (χ1v) is 13.6. The molecule has 44 heavy (non-hydrogen) atoms. The van der Waals surface area contributed by atoms with Gasteiger partial charge in [-0.05, 0) is 44.2 Å². The number of amides is 2. The van der Waals surface area contributed by atoms with Crippen molar-refractivity contribution in [1.29, 1.82) is 0 Å². The van der Waals surface area contributed by atoms with E-state index in [0.717, 1.165) is 37.4 Å². The Morgan fingerprint density at radius 3 is 2.34 bits per heavy atom. The number of aliphatic hydroxyl groups is 7. The van der Waals surface area contributed by atoms with Gasteiger partial charge >= 0.3 is 0 Å². The molecule has 9 N–H and O–H groups in total. The number of fused-ring (bicyclic) bond motifs is 1. The van der Waals surface area contributed by atoms with Crippen LogP contribution in [0.5, 0.6) is 0 Å². The third kappa shape index (κ3) is 5.67. The maximum Gasteiger partial charge on any atom is 0.283 e. The smallest absolute Gasteiger partial charge is 0.283 e. The maximum absolute atomic E-state index is 15.1. The third-order valence-corrected chi connectivity index (χ3v) is 7.62. The van der Waals surface area contributed by atoms with Gasteiger partial charge in [-0.25, -0.2) is 14.2 Å². The van der Waals surface area contributed by atoms with E-state index >= 15 is 4.39 Å². The van der Waals surface area contributed by atoms with Crippen molar-refractivity contribution < 1.29 is 59.3 Å². The summed E-state index contributed by atoms with van der Waals surface area (Å²) in [6.45, 7) is 3.60. The summed E-state index contributed by atoms with van der Waals surface area (Å²) >= 11 is 0. The Morgan fingerprint density at radius 1 is 1.11 bits per heavy atom. The molecule has 4 rings (SSSR count). The summed E-state index contributed by atoms with van der Waals surface area (Å²) in [5.41, 5.74) is -5.97. The number of nitrogens with one attached hydrogen (secondary N) is 2. The number of ether oxygens (including phenoxy) is 1. The average Bonchev–Trinajstić information content (AvgIpc) is 3.16. The van der Waals surface area contributed by atoms with E-state index in [1.165, 1.54) is 11.0 Å². The number of benzene rings is 2. The van der Waals surface area contributed by atoms with Crippen LogP contribution in [0.2, 0.25) is 0 Å². The number of carbonyl (C=O) groups excluding carboxylic acids is 3. The third-order valence-electron chi connectivity index (χ3n) is 7.62. The van der Waals surface area contributed by atoms with Gasteiger partial charge in [0.15, 0.2) is 0 Å². The number of morpholine rings is 1. The minimum Gasteiger partial charge on any atom is -0.373 e. The number of aldehydes is 1. The van der Waals surface area contributed by atoms with E-state index in [9.17, 15) is 50.1 Å². The molecule has 2 amide bonds. The van der Waals surface area contributed by atoms with Gasteiger partial charge in [-0.1, -0.05) is 6.07 Å². The van der Waals surface area contributed by atoms with Gasteiger partial charge in [-0.15, -0.1) is 0 Å². The minimum absolute atomic E-state index is 0.0337. The Hall–Kier alpha value is -3.58. The van der Waals surface area contributed by atoms with Crippen molar-refractivity contribution in [3.8, 4) is 0 Å². The summed E-state index contributed by atoms with van der Waals surface area (Å²) in [6.07, 6.45) is -1.61. The lowest BCUT2D eigenvalue weighted by atomic mass is 10.0. The van der Waals surface area contributed by atoms with Crippen LogP contribution in [0, 0.1) is 5.82 Å². The van der Waals surface area contributed by atoms with Crippen LogP contribution in [0.1, 0.15) is 53.7 Å². The number of carbonyl (C=O) groups is 3. The fourth-order valence-electron chi connectivity index (χ4n) is 5.65. The molecule has 2 aliphatic heterocycles. The van der Waals surface area contributed by atoms with Crippen LogP contribution in [0.15, 0.2) is 36.4 Å². The predicted octanol–water partition coefficient (Wildman–Crippen LogP) is -1.80. The lowest BCUT2D eigenvalue weighted by Gasteiger charge is -2.42. The van der Waals surface area contributed by atoms with Crippen molar-refractivity contribution in [2.75, 3.05) is 25.5 Å². The van der Waals surface area contributed by atoms with Crippen LogP contribution >= 0.6 is 0 Å². The summed E-state index contributed by atoms with van der Waals surface area (Å²) in [7, 11) is 1.10. The highest BCUT2D eigenvalue weighted by atomic mass is 19.1. The standard InChI is InChI=1S/C28H35FN4O11/c1-15-13-32(14-16(2)44-15)27(40,41)17-8-9-20(29)19(12-17)26(38,39)31-21-7-4-6-18-22(21)28(42,43)33(23(18)35)25(37,10-5-11-34)24(36)30-3/h4,6-9,11-12,15-16,31,37-43H,5,10,13-14H2,1-3H3,(H,30,36). The van der Waals surface area contributed by atoms with E-state index in [2.05, 4.69) is 10.6 Å². The highest BCUT2D eigenvalue weighted by Gasteiger charge is 2.60. The van der Waals surface area contributed by atoms with Crippen molar-refractivity contribution >= 4 is 23.8 Å².